The molecule has 0 saturated carbocycles. The number of para-hydroxylation sites is 1. The lowest BCUT2D eigenvalue weighted by Crippen LogP contribution is -2.20. The van der Waals surface area contributed by atoms with Crippen LogP contribution in [-0.2, 0) is 6.18 Å². The molecule has 4 rings (SSSR count). The number of hydrogen-bond donors (Lipinski definition) is 0. The highest BCUT2D eigenvalue weighted by atomic mass is 19.4. The Morgan fingerprint density at radius 2 is 1.73 bits per heavy atom. The number of alkyl halides is 3. The Kier molecular flexibility index (Phi) is 7.28. The molecule has 0 aliphatic carbocycles. The molecular weight excluding hydrogens is 487 g/mol. The molecule has 0 atom stereocenters. The molecule has 0 spiro atoms. The van der Waals surface area contributed by atoms with E-state index in [0.29, 0.717) is 28.3 Å². The lowest BCUT2D eigenvalue weighted by Gasteiger charge is -2.14. The molecule has 0 N–H and O–H groups in total. The average molecular weight is 509 g/mol. The van der Waals surface area contributed by atoms with Gasteiger partial charge in [-0.25, -0.2) is 4.98 Å². The van der Waals surface area contributed by atoms with E-state index in [1.807, 2.05) is 0 Å². The third kappa shape index (κ3) is 5.32. The van der Waals surface area contributed by atoms with Gasteiger partial charge in [0.2, 0.25) is 5.75 Å². The maximum atomic E-state index is 13.4. The second-order valence-corrected chi connectivity index (χ2v) is 7.75. The largest absolute Gasteiger partial charge is 0.493 e. The van der Waals surface area contributed by atoms with E-state index in [1.54, 1.807) is 42.5 Å². The highest BCUT2D eigenvalue weighted by Crippen LogP contribution is 2.38. The van der Waals surface area contributed by atoms with Crippen LogP contribution in [0.3, 0.4) is 0 Å². The first-order chi connectivity index (χ1) is 17.8. The van der Waals surface area contributed by atoms with E-state index in [0.717, 1.165) is 16.8 Å². The van der Waals surface area contributed by atoms with Gasteiger partial charge in [0.15, 0.2) is 17.3 Å². The SMILES string of the molecule is C=CCOc1c(OC)cc(C=Nn2c(-c3cccc(C(F)(F)F)c3)nc3ccccc3c2=O)cc1OC. The van der Waals surface area contributed by atoms with E-state index in [1.165, 1.54) is 32.6 Å². The Morgan fingerprint density at radius 1 is 1.03 bits per heavy atom. The summed E-state index contributed by atoms with van der Waals surface area (Å²) in [6.45, 7) is 3.84. The van der Waals surface area contributed by atoms with Crippen molar-refractivity contribution in [3.63, 3.8) is 0 Å². The van der Waals surface area contributed by atoms with Gasteiger partial charge < -0.3 is 14.2 Å². The minimum absolute atomic E-state index is 0.0454. The molecule has 0 radical (unpaired) electrons. The number of ether oxygens (including phenoxy) is 3. The lowest BCUT2D eigenvalue weighted by molar-refractivity contribution is -0.137. The summed E-state index contributed by atoms with van der Waals surface area (Å²) in [4.78, 5) is 17.8. The molecule has 7 nitrogen and oxygen atoms in total. The van der Waals surface area contributed by atoms with Crippen LogP contribution in [0.4, 0.5) is 13.2 Å². The van der Waals surface area contributed by atoms with Gasteiger partial charge in [0.25, 0.3) is 5.56 Å². The van der Waals surface area contributed by atoms with Crippen LogP contribution in [0.5, 0.6) is 17.2 Å². The minimum Gasteiger partial charge on any atom is -0.493 e. The summed E-state index contributed by atoms with van der Waals surface area (Å²) < 4.78 is 57.6. The average Bonchev–Trinajstić information content (AvgIpc) is 2.90. The van der Waals surface area contributed by atoms with Gasteiger partial charge in [-0.2, -0.15) is 22.9 Å². The number of aromatic nitrogens is 2. The first kappa shape index (κ1) is 25.5. The van der Waals surface area contributed by atoms with E-state index >= 15 is 0 Å². The molecule has 37 heavy (non-hydrogen) atoms. The quantitative estimate of drug-likeness (QED) is 0.230. The summed E-state index contributed by atoms with van der Waals surface area (Å²) in [6, 6.07) is 14.4. The molecule has 0 fully saturated rings. The predicted octanol–water partition coefficient (Wildman–Crippen LogP) is 5.55. The number of halogens is 3. The van der Waals surface area contributed by atoms with Gasteiger partial charge in [-0.05, 0) is 36.4 Å². The zero-order chi connectivity index (χ0) is 26.6. The fourth-order valence-corrected chi connectivity index (χ4v) is 3.64. The van der Waals surface area contributed by atoms with Gasteiger partial charge in [0, 0.05) is 11.1 Å². The molecule has 0 amide bonds. The highest BCUT2D eigenvalue weighted by Gasteiger charge is 2.31. The fourth-order valence-electron chi connectivity index (χ4n) is 3.64. The van der Waals surface area contributed by atoms with Gasteiger partial charge >= 0.3 is 6.18 Å². The first-order valence-electron chi connectivity index (χ1n) is 11.0. The van der Waals surface area contributed by atoms with Crippen LogP contribution in [0.1, 0.15) is 11.1 Å². The molecule has 4 aromatic rings. The molecule has 0 unspecified atom stereocenters. The van der Waals surface area contributed by atoms with Crippen LogP contribution >= 0.6 is 0 Å². The van der Waals surface area contributed by atoms with E-state index in [-0.39, 0.29) is 23.4 Å². The summed E-state index contributed by atoms with van der Waals surface area (Å²) in [7, 11) is 2.92. The number of benzene rings is 3. The van der Waals surface area contributed by atoms with Crippen molar-refractivity contribution in [2.45, 2.75) is 6.18 Å². The highest BCUT2D eigenvalue weighted by molar-refractivity contribution is 5.84. The zero-order valence-electron chi connectivity index (χ0n) is 20.0. The van der Waals surface area contributed by atoms with E-state index in [4.69, 9.17) is 14.2 Å². The summed E-state index contributed by atoms with van der Waals surface area (Å²) in [5.74, 6) is 1.02. The number of fused-ring (bicyclic) bond motifs is 1. The topological polar surface area (TPSA) is 74.9 Å². The molecule has 1 heterocycles. The first-order valence-corrected chi connectivity index (χ1v) is 11.0. The second-order valence-electron chi connectivity index (χ2n) is 7.75. The van der Waals surface area contributed by atoms with Crippen LogP contribution in [0, 0.1) is 0 Å². The summed E-state index contributed by atoms with van der Waals surface area (Å²) in [5, 5.41) is 4.57. The number of nitrogens with zero attached hydrogens (tertiary/aromatic N) is 3. The molecule has 0 saturated heterocycles. The Labute approximate surface area is 210 Å². The smallest absolute Gasteiger partial charge is 0.416 e. The van der Waals surface area contributed by atoms with Gasteiger partial charge in [-0.1, -0.05) is 36.9 Å². The molecule has 0 aliphatic heterocycles. The molecular formula is C27H22F3N3O4. The molecule has 0 bridgehead atoms. The monoisotopic (exact) mass is 509 g/mol. The third-order valence-corrected chi connectivity index (χ3v) is 5.35. The summed E-state index contributed by atoms with van der Waals surface area (Å²) in [6.07, 6.45) is -1.64. The Hall–Kier alpha value is -4.60. The van der Waals surface area contributed by atoms with Crippen molar-refractivity contribution >= 4 is 17.1 Å². The Morgan fingerprint density at radius 3 is 2.38 bits per heavy atom. The van der Waals surface area contributed by atoms with Crippen molar-refractivity contribution in [2.24, 2.45) is 5.10 Å². The standard InChI is InChI=1S/C27H22F3N3O4/c1-4-12-37-24-22(35-2)13-17(14-23(24)36-3)16-31-33-25(18-8-7-9-19(15-18)27(28,29)30)32-21-11-6-5-10-20(21)26(33)34/h4-11,13-16H,1,12H2,2-3H3. The number of methoxy groups -OCH3 is 2. The van der Waals surface area contributed by atoms with Crippen LogP contribution in [0.15, 0.2) is 83.2 Å². The van der Waals surface area contributed by atoms with Crippen molar-refractivity contribution in [1.29, 1.82) is 0 Å². The van der Waals surface area contributed by atoms with Crippen LogP contribution in [0.2, 0.25) is 0 Å². The van der Waals surface area contributed by atoms with Crippen LogP contribution in [0.25, 0.3) is 22.3 Å². The molecule has 3 aromatic carbocycles. The van der Waals surface area contributed by atoms with Gasteiger partial charge in [0.05, 0.1) is 36.9 Å². The van der Waals surface area contributed by atoms with Crippen molar-refractivity contribution in [1.82, 2.24) is 9.66 Å². The van der Waals surface area contributed by atoms with Crippen LogP contribution < -0.4 is 19.8 Å². The van der Waals surface area contributed by atoms with Crippen molar-refractivity contribution in [2.75, 3.05) is 20.8 Å². The maximum Gasteiger partial charge on any atom is 0.416 e. The third-order valence-electron chi connectivity index (χ3n) is 5.35. The molecule has 190 valence electrons. The van der Waals surface area contributed by atoms with E-state index in [2.05, 4.69) is 16.7 Å². The van der Waals surface area contributed by atoms with Crippen molar-refractivity contribution in [3.8, 4) is 28.6 Å². The number of hydrogen-bond acceptors (Lipinski definition) is 6. The van der Waals surface area contributed by atoms with Crippen molar-refractivity contribution < 1.29 is 27.4 Å². The van der Waals surface area contributed by atoms with E-state index in [9.17, 15) is 18.0 Å². The summed E-state index contributed by atoms with van der Waals surface area (Å²) >= 11 is 0. The van der Waals surface area contributed by atoms with E-state index < -0.39 is 17.3 Å². The molecule has 1 aromatic heterocycles. The fraction of sp³-hybridized carbons (Fsp3) is 0.148. The van der Waals surface area contributed by atoms with Gasteiger partial charge in [-0.15, -0.1) is 0 Å². The van der Waals surface area contributed by atoms with Crippen LogP contribution in [-0.4, -0.2) is 36.7 Å². The Balaban J connectivity index is 1.89. The lowest BCUT2D eigenvalue weighted by atomic mass is 10.1. The van der Waals surface area contributed by atoms with Gasteiger partial charge in [0.1, 0.15) is 6.61 Å². The normalized spacial score (nSPS) is 11.6. The maximum absolute atomic E-state index is 13.4. The zero-order valence-corrected chi connectivity index (χ0v) is 20.0. The molecule has 10 heteroatoms. The van der Waals surface area contributed by atoms with Crippen molar-refractivity contribution in [3.05, 3.63) is 94.8 Å². The number of rotatable bonds is 8. The summed E-state index contributed by atoms with van der Waals surface area (Å²) in [5.41, 5.74) is -0.516. The minimum atomic E-state index is -4.57. The molecule has 0 aliphatic rings. The predicted molar refractivity (Wildman–Crippen MR) is 135 cm³/mol. The van der Waals surface area contributed by atoms with Gasteiger partial charge in [-0.3, -0.25) is 4.79 Å². The Bertz CT molecular complexity index is 1520. The second kappa shape index (κ2) is 10.6.